The lowest BCUT2D eigenvalue weighted by atomic mass is 9.96. The van der Waals surface area contributed by atoms with Crippen molar-refractivity contribution in [1.29, 1.82) is 0 Å². The maximum atomic E-state index is 14.5. The van der Waals surface area contributed by atoms with Gasteiger partial charge in [0.2, 0.25) is 11.8 Å². The molecule has 15 heteroatoms. The number of benzene rings is 1. The number of ether oxygens (including phenoxy) is 1. The number of carbonyl (C=O) groups excluding carboxylic acids is 4. The summed E-state index contributed by atoms with van der Waals surface area (Å²) in [6.07, 6.45) is -0.830. The van der Waals surface area contributed by atoms with Crippen LogP contribution in [0.4, 0.5) is 22.4 Å². The maximum Gasteiger partial charge on any atom is 0.407 e. The van der Waals surface area contributed by atoms with Gasteiger partial charge in [0, 0.05) is 50.6 Å². The van der Waals surface area contributed by atoms with Gasteiger partial charge in [-0.3, -0.25) is 14.4 Å². The molecule has 1 aromatic carbocycles. The molecule has 1 aromatic heterocycles. The molecule has 0 bridgehead atoms. The monoisotopic (exact) mass is 624 g/mol. The van der Waals surface area contributed by atoms with Crippen LogP contribution in [0.3, 0.4) is 0 Å². The molecule has 3 heterocycles. The van der Waals surface area contributed by atoms with Gasteiger partial charge in [0.15, 0.2) is 17.3 Å². The predicted molar refractivity (Wildman–Crippen MR) is 148 cm³/mol. The molecule has 2 aliphatic rings. The molecule has 0 saturated carbocycles. The lowest BCUT2D eigenvalue weighted by Gasteiger charge is -2.32. The molecule has 1 fully saturated rings. The third-order valence-electron chi connectivity index (χ3n) is 7.64. The number of carbonyl (C=O) groups is 4. The zero-order chi connectivity index (χ0) is 32.3. The van der Waals surface area contributed by atoms with Crippen LogP contribution in [0.5, 0.6) is 0 Å². The topological polar surface area (TPSA) is 140 Å². The molecule has 11 nitrogen and oxygen atoms in total. The molecule has 3 N–H and O–H groups in total. The molecule has 4 rings (SSSR count). The summed E-state index contributed by atoms with van der Waals surface area (Å²) >= 11 is 0. The number of nitrogens with one attached hydrogen (secondary N) is 1. The first-order valence-corrected chi connectivity index (χ1v) is 14.3. The van der Waals surface area contributed by atoms with E-state index < -0.39 is 59.6 Å². The zero-order valence-electron chi connectivity index (χ0n) is 24.8. The third kappa shape index (κ3) is 7.66. The highest BCUT2D eigenvalue weighted by molar-refractivity contribution is 5.94. The van der Waals surface area contributed by atoms with Crippen LogP contribution in [-0.4, -0.2) is 74.4 Å². The number of alkyl carbamates (subject to hydrolysis) is 1. The van der Waals surface area contributed by atoms with E-state index in [1.165, 1.54) is 9.80 Å². The number of hydrogen-bond acceptors (Lipinski definition) is 6. The number of nitrogens with two attached hydrogens (primary N) is 1. The van der Waals surface area contributed by atoms with Crippen molar-refractivity contribution in [2.45, 2.75) is 77.9 Å². The Kier molecular flexibility index (Phi) is 9.84. The van der Waals surface area contributed by atoms with Gasteiger partial charge in [-0.15, -0.1) is 0 Å². The van der Waals surface area contributed by atoms with Crippen molar-refractivity contribution in [3.05, 3.63) is 52.4 Å². The van der Waals surface area contributed by atoms with Crippen molar-refractivity contribution in [1.82, 2.24) is 24.7 Å². The number of likely N-dealkylation sites (tertiary alicyclic amines) is 1. The number of alkyl halides is 1. The summed E-state index contributed by atoms with van der Waals surface area (Å²) in [6.45, 7) is 4.67. The number of amides is 4. The van der Waals surface area contributed by atoms with Crippen molar-refractivity contribution in [2.24, 2.45) is 11.7 Å². The van der Waals surface area contributed by atoms with E-state index in [2.05, 4.69) is 10.3 Å². The van der Waals surface area contributed by atoms with Gasteiger partial charge < -0.3 is 30.2 Å². The molecule has 4 amide bonds. The number of piperidine rings is 1. The summed E-state index contributed by atoms with van der Waals surface area (Å²) in [5.74, 6) is -5.39. The van der Waals surface area contributed by atoms with Gasteiger partial charge in [0.25, 0.3) is 5.91 Å². The van der Waals surface area contributed by atoms with Gasteiger partial charge in [0.1, 0.15) is 23.9 Å². The molecule has 0 aliphatic carbocycles. The number of nitrogens with zero attached hydrogens (tertiary/aromatic N) is 4. The molecule has 240 valence electrons. The maximum absolute atomic E-state index is 14.5. The number of rotatable bonds is 8. The number of fused-ring (bicyclic) bond motifs is 1. The lowest BCUT2D eigenvalue weighted by molar-refractivity contribution is -0.133. The van der Waals surface area contributed by atoms with Gasteiger partial charge in [-0.25, -0.2) is 27.3 Å². The SMILES string of the molecule is CC(C)(C)OC(=O)N[C@@H](CC(=O)N1CCn2c(CF)nc(C(=O)N3CCC(C(N)=O)CC3)c2C1)Cc1cc(F)c(F)cc1F. The Morgan fingerprint density at radius 1 is 1.02 bits per heavy atom. The number of hydrogen-bond donors (Lipinski definition) is 2. The van der Waals surface area contributed by atoms with Gasteiger partial charge in [0.05, 0.1) is 12.2 Å². The summed E-state index contributed by atoms with van der Waals surface area (Å²) < 4.78 is 62.6. The molecular weight excluding hydrogens is 588 g/mol. The molecule has 0 unspecified atom stereocenters. The standard InChI is InChI=1S/C29H36F4N6O5/c1-29(2,3)44-28(43)35-18(10-17-11-20(32)21(33)13-19(17)31)12-24(40)38-8-9-39-22(15-38)25(36-23(39)14-30)27(42)37-6-4-16(5-7-37)26(34)41/h11,13,16,18H,4-10,12,14-15H2,1-3H3,(H2,34,41)(H,35,43)/t18-/m1/s1. The van der Waals surface area contributed by atoms with Crippen molar-refractivity contribution < 1.29 is 41.5 Å². The predicted octanol–water partition coefficient (Wildman–Crippen LogP) is 2.98. The molecular formula is C29H36F4N6O5. The first-order chi connectivity index (χ1) is 20.7. The van der Waals surface area contributed by atoms with E-state index in [1.54, 1.807) is 25.3 Å². The number of primary amides is 1. The number of halogens is 4. The van der Waals surface area contributed by atoms with Gasteiger partial charge in [-0.2, -0.15) is 0 Å². The van der Waals surface area contributed by atoms with Gasteiger partial charge >= 0.3 is 6.09 Å². The first-order valence-electron chi connectivity index (χ1n) is 14.3. The zero-order valence-corrected chi connectivity index (χ0v) is 24.8. The van der Waals surface area contributed by atoms with Crippen molar-refractivity contribution >= 4 is 23.8 Å². The molecule has 2 aromatic rings. The minimum absolute atomic E-state index is 0.0000338. The van der Waals surface area contributed by atoms with E-state index in [-0.39, 0.29) is 68.6 Å². The smallest absolute Gasteiger partial charge is 0.407 e. The van der Waals surface area contributed by atoms with E-state index in [0.29, 0.717) is 30.7 Å². The summed E-state index contributed by atoms with van der Waals surface area (Å²) in [4.78, 5) is 58.1. The summed E-state index contributed by atoms with van der Waals surface area (Å²) in [5, 5.41) is 2.52. The minimum Gasteiger partial charge on any atom is -0.444 e. The fourth-order valence-corrected chi connectivity index (χ4v) is 5.42. The first kappa shape index (κ1) is 32.7. The van der Waals surface area contributed by atoms with Crippen molar-refractivity contribution in [3.8, 4) is 0 Å². The second kappa shape index (κ2) is 13.2. The molecule has 2 aliphatic heterocycles. The average Bonchev–Trinajstić information content (AvgIpc) is 3.32. The van der Waals surface area contributed by atoms with Gasteiger partial charge in [-0.1, -0.05) is 0 Å². The van der Waals surface area contributed by atoms with Gasteiger partial charge in [-0.05, 0) is 51.7 Å². The Balaban J connectivity index is 1.52. The second-order valence-corrected chi connectivity index (χ2v) is 12.0. The summed E-state index contributed by atoms with van der Waals surface area (Å²) in [5.41, 5.74) is 4.58. The van der Waals surface area contributed by atoms with Crippen LogP contribution in [0, 0.1) is 23.4 Å². The Morgan fingerprint density at radius 3 is 2.30 bits per heavy atom. The Morgan fingerprint density at radius 2 is 1.68 bits per heavy atom. The van der Waals surface area contributed by atoms with E-state index >= 15 is 0 Å². The van der Waals surface area contributed by atoms with Crippen molar-refractivity contribution in [3.63, 3.8) is 0 Å². The van der Waals surface area contributed by atoms with E-state index in [9.17, 15) is 36.7 Å². The third-order valence-corrected chi connectivity index (χ3v) is 7.64. The van der Waals surface area contributed by atoms with E-state index in [4.69, 9.17) is 10.5 Å². The quantitative estimate of drug-likeness (QED) is 0.342. The van der Waals surface area contributed by atoms with Crippen LogP contribution in [0.2, 0.25) is 0 Å². The molecule has 0 radical (unpaired) electrons. The van der Waals surface area contributed by atoms with E-state index in [1.807, 2.05) is 0 Å². The number of imidazole rings is 1. The summed E-state index contributed by atoms with van der Waals surface area (Å²) in [7, 11) is 0. The highest BCUT2D eigenvalue weighted by Gasteiger charge is 2.34. The minimum atomic E-state index is -1.38. The molecule has 1 saturated heterocycles. The highest BCUT2D eigenvalue weighted by atomic mass is 19.2. The highest BCUT2D eigenvalue weighted by Crippen LogP contribution is 2.25. The fraction of sp³-hybridized carbons (Fsp3) is 0.552. The normalized spacial score (nSPS) is 16.3. The van der Waals surface area contributed by atoms with Crippen LogP contribution < -0.4 is 11.1 Å². The average molecular weight is 625 g/mol. The molecule has 0 spiro atoms. The fourth-order valence-electron chi connectivity index (χ4n) is 5.42. The van der Waals surface area contributed by atoms with Crippen molar-refractivity contribution in [2.75, 3.05) is 19.6 Å². The number of aromatic nitrogens is 2. The van der Waals surface area contributed by atoms with Crippen LogP contribution in [0.15, 0.2) is 12.1 Å². The molecule has 1 atom stereocenters. The Bertz CT molecular complexity index is 1430. The largest absolute Gasteiger partial charge is 0.444 e. The van der Waals surface area contributed by atoms with Crippen LogP contribution in [0.1, 0.15) is 67.6 Å². The summed E-state index contributed by atoms with van der Waals surface area (Å²) in [6, 6.07) is -0.0149. The van der Waals surface area contributed by atoms with Crippen LogP contribution in [0.25, 0.3) is 0 Å². The van der Waals surface area contributed by atoms with E-state index in [0.717, 1.165) is 0 Å². The lowest BCUT2D eigenvalue weighted by Crippen LogP contribution is -2.46. The second-order valence-electron chi connectivity index (χ2n) is 12.0. The van der Waals surface area contributed by atoms with Crippen LogP contribution >= 0.6 is 0 Å². The molecule has 44 heavy (non-hydrogen) atoms. The Hall–Kier alpha value is -4.17. The van der Waals surface area contributed by atoms with Crippen LogP contribution in [-0.2, 0) is 40.5 Å². The Labute approximate surface area is 251 Å².